The normalized spacial score (nSPS) is 25.6. The lowest BCUT2D eigenvalue weighted by Crippen LogP contribution is -2.33. The van der Waals surface area contributed by atoms with Gasteiger partial charge in [0.25, 0.3) is 0 Å². The molecule has 0 aliphatic heterocycles. The Morgan fingerprint density at radius 3 is 2.65 bits per heavy atom. The highest BCUT2D eigenvalue weighted by Crippen LogP contribution is 2.25. The molecule has 1 aliphatic carbocycles. The molecule has 6 heteroatoms. The SMILES string of the molecule is NC1CCCC(CC(=O)NCCC(F)(F)F)C1. The van der Waals surface area contributed by atoms with Crippen LogP contribution >= 0.6 is 0 Å². The van der Waals surface area contributed by atoms with Gasteiger partial charge in [0.15, 0.2) is 0 Å². The second kappa shape index (κ2) is 6.23. The minimum absolute atomic E-state index is 0.136. The molecule has 0 aromatic heterocycles. The third kappa shape index (κ3) is 6.51. The van der Waals surface area contributed by atoms with Crippen molar-refractivity contribution in [3.63, 3.8) is 0 Å². The van der Waals surface area contributed by atoms with Crippen LogP contribution in [0, 0.1) is 5.92 Å². The van der Waals surface area contributed by atoms with E-state index in [1.54, 1.807) is 0 Å². The van der Waals surface area contributed by atoms with E-state index in [9.17, 15) is 18.0 Å². The van der Waals surface area contributed by atoms with Crippen molar-refractivity contribution in [3.05, 3.63) is 0 Å². The molecule has 0 heterocycles. The molecule has 3 N–H and O–H groups in total. The van der Waals surface area contributed by atoms with E-state index in [2.05, 4.69) is 5.32 Å². The van der Waals surface area contributed by atoms with Crippen molar-refractivity contribution in [1.29, 1.82) is 0 Å². The van der Waals surface area contributed by atoms with Crippen molar-refractivity contribution < 1.29 is 18.0 Å². The Kier molecular flexibility index (Phi) is 5.24. The molecule has 2 unspecified atom stereocenters. The molecular weight excluding hydrogens is 233 g/mol. The van der Waals surface area contributed by atoms with E-state index in [-0.39, 0.29) is 24.4 Å². The van der Waals surface area contributed by atoms with Gasteiger partial charge >= 0.3 is 6.18 Å². The predicted molar refractivity (Wildman–Crippen MR) is 58.2 cm³/mol. The molecule has 2 atom stereocenters. The van der Waals surface area contributed by atoms with E-state index in [1.165, 1.54) is 0 Å². The van der Waals surface area contributed by atoms with Gasteiger partial charge in [0.2, 0.25) is 5.91 Å². The molecule has 0 aromatic carbocycles. The Hall–Kier alpha value is -0.780. The number of alkyl halides is 3. The first-order chi connectivity index (χ1) is 7.87. The molecule has 1 rings (SSSR count). The van der Waals surface area contributed by atoms with Gasteiger partial charge in [-0.05, 0) is 25.2 Å². The number of carbonyl (C=O) groups is 1. The maximum Gasteiger partial charge on any atom is 0.390 e. The van der Waals surface area contributed by atoms with Crippen molar-refractivity contribution >= 4 is 5.91 Å². The van der Waals surface area contributed by atoms with E-state index < -0.39 is 12.6 Å². The third-order valence-corrected chi connectivity index (χ3v) is 3.03. The lowest BCUT2D eigenvalue weighted by molar-refractivity contribution is -0.135. The zero-order valence-electron chi connectivity index (χ0n) is 9.72. The fourth-order valence-corrected chi connectivity index (χ4v) is 2.20. The maximum atomic E-state index is 11.8. The number of carbonyl (C=O) groups excluding carboxylic acids is 1. The average Bonchev–Trinajstić information content (AvgIpc) is 2.15. The summed E-state index contributed by atoms with van der Waals surface area (Å²) in [6.07, 6.45) is -1.16. The molecule has 100 valence electrons. The highest BCUT2D eigenvalue weighted by atomic mass is 19.4. The monoisotopic (exact) mass is 252 g/mol. The molecule has 1 fully saturated rings. The van der Waals surface area contributed by atoms with Gasteiger partial charge in [0.05, 0.1) is 6.42 Å². The van der Waals surface area contributed by atoms with Crippen LogP contribution in [-0.4, -0.2) is 24.7 Å². The second-order valence-corrected chi connectivity index (χ2v) is 4.71. The second-order valence-electron chi connectivity index (χ2n) is 4.71. The number of nitrogens with one attached hydrogen (secondary N) is 1. The van der Waals surface area contributed by atoms with Gasteiger partial charge in [-0.15, -0.1) is 0 Å². The van der Waals surface area contributed by atoms with Gasteiger partial charge in [-0.3, -0.25) is 4.79 Å². The Labute approximate surface area is 98.9 Å². The first-order valence-electron chi connectivity index (χ1n) is 5.96. The van der Waals surface area contributed by atoms with Crippen LogP contribution in [0.15, 0.2) is 0 Å². The van der Waals surface area contributed by atoms with E-state index in [0.29, 0.717) is 6.42 Å². The number of rotatable bonds is 4. The van der Waals surface area contributed by atoms with Gasteiger partial charge in [0.1, 0.15) is 0 Å². The van der Waals surface area contributed by atoms with Crippen molar-refractivity contribution in [2.45, 2.75) is 50.7 Å². The highest BCUT2D eigenvalue weighted by molar-refractivity contribution is 5.76. The molecule has 1 saturated carbocycles. The van der Waals surface area contributed by atoms with Gasteiger partial charge in [-0.1, -0.05) is 6.42 Å². The number of halogens is 3. The number of nitrogens with two attached hydrogens (primary N) is 1. The Morgan fingerprint density at radius 1 is 1.35 bits per heavy atom. The zero-order valence-corrected chi connectivity index (χ0v) is 9.72. The van der Waals surface area contributed by atoms with Crippen LogP contribution in [0.1, 0.15) is 38.5 Å². The zero-order chi connectivity index (χ0) is 12.9. The Balaban J connectivity index is 2.16. The summed E-state index contributed by atoms with van der Waals surface area (Å²) in [6.45, 7) is -0.332. The van der Waals surface area contributed by atoms with Gasteiger partial charge in [-0.2, -0.15) is 13.2 Å². The van der Waals surface area contributed by atoms with Crippen molar-refractivity contribution in [3.8, 4) is 0 Å². The highest BCUT2D eigenvalue weighted by Gasteiger charge is 2.27. The molecule has 1 amide bonds. The first kappa shape index (κ1) is 14.3. The van der Waals surface area contributed by atoms with Crippen molar-refractivity contribution in [1.82, 2.24) is 5.32 Å². The Bertz CT molecular complexity index is 256. The topological polar surface area (TPSA) is 55.1 Å². The fourth-order valence-electron chi connectivity index (χ4n) is 2.20. The van der Waals surface area contributed by atoms with E-state index in [1.807, 2.05) is 0 Å². The lowest BCUT2D eigenvalue weighted by Gasteiger charge is -2.26. The summed E-state index contributed by atoms with van der Waals surface area (Å²) >= 11 is 0. The molecule has 0 aromatic rings. The summed E-state index contributed by atoms with van der Waals surface area (Å²) in [5.41, 5.74) is 5.78. The standard InChI is InChI=1S/C11H19F3N2O/c12-11(13,14)4-5-16-10(17)7-8-2-1-3-9(15)6-8/h8-9H,1-7,15H2,(H,16,17). The molecule has 3 nitrogen and oxygen atoms in total. The van der Waals surface area contributed by atoms with E-state index in [4.69, 9.17) is 5.73 Å². The van der Waals surface area contributed by atoms with Crippen LogP contribution in [-0.2, 0) is 4.79 Å². The summed E-state index contributed by atoms with van der Waals surface area (Å²) in [6, 6.07) is 0.136. The molecule has 1 aliphatic rings. The molecular formula is C11H19F3N2O. The van der Waals surface area contributed by atoms with Crippen LogP contribution < -0.4 is 11.1 Å². The quantitative estimate of drug-likeness (QED) is 0.803. The third-order valence-electron chi connectivity index (χ3n) is 3.03. The molecule has 0 saturated heterocycles. The first-order valence-corrected chi connectivity index (χ1v) is 5.96. The number of hydrogen-bond donors (Lipinski definition) is 2. The summed E-state index contributed by atoms with van der Waals surface area (Å²) < 4.78 is 35.5. The fraction of sp³-hybridized carbons (Fsp3) is 0.909. The summed E-state index contributed by atoms with van der Waals surface area (Å²) in [7, 11) is 0. The minimum atomic E-state index is -4.21. The average molecular weight is 252 g/mol. The maximum absolute atomic E-state index is 11.8. The van der Waals surface area contributed by atoms with Crippen LogP contribution in [0.4, 0.5) is 13.2 Å². The molecule has 0 bridgehead atoms. The van der Waals surface area contributed by atoms with Crippen LogP contribution in [0.25, 0.3) is 0 Å². The summed E-state index contributed by atoms with van der Waals surface area (Å²) in [5.74, 6) is -0.0713. The van der Waals surface area contributed by atoms with Crippen LogP contribution in [0.2, 0.25) is 0 Å². The minimum Gasteiger partial charge on any atom is -0.356 e. The van der Waals surface area contributed by atoms with Gasteiger partial charge in [0, 0.05) is 19.0 Å². The van der Waals surface area contributed by atoms with Gasteiger partial charge in [-0.25, -0.2) is 0 Å². The van der Waals surface area contributed by atoms with Crippen LogP contribution in [0.5, 0.6) is 0 Å². The molecule has 0 spiro atoms. The molecule has 0 radical (unpaired) electrons. The smallest absolute Gasteiger partial charge is 0.356 e. The van der Waals surface area contributed by atoms with E-state index in [0.717, 1.165) is 25.7 Å². The van der Waals surface area contributed by atoms with Crippen LogP contribution in [0.3, 0.4) is 0 Å². The van der Waals surface area contributed by atoms with Gasteiger partial charge < -0.3 is 11.1 Å². The molecule has 17 heavy (non-hydrogen) atoms. The van der Waals surface area contributed by atoms with Crippen molar-refractivity contribution in [2.24, 2.45) is 11.7 Å². The summed E-state index contributed by atoms with van der Waals surface area (Å²) in [5, 5.41) is 2.30. The number of amides is 1. The van der Waals surface area contributed by atoms with Crippen molar-refractivity contribution in [2.75, 3.05) is 6.54 Å². The lowest BCUT2D eigenvalue weighted by atomic mass is 9.84. The number of hydrogen-bond acceptors (Lipinski definition) is 2. The van der Waals surface area contributed by atoms with E-state index >= 15 is 0 Å². The Morgan fingerprint density at radius 2 is 2.06 bits per heavy atom. The summed E-state index contributed by atoms with van der Waals surface area (Å²) in [4.78, 5) is 11.4. The predicted octanol–water partition coefficient (Wildman–Crippen LogP) is 1.96. The largest absolute Gasteiger partial charge is 0.390 e.